The van der Waals surface area contributed by atoms with E-state index in [9.17, 15) is 13.2 Å². The number of anilines is 1. The molecule has 1 aliphatic carbocycles. The summed E-state index contributed by atoms with van der Waals surface area (Å²) in [5.41, 5.74) is 6.35. The number of carbonyl (C=O) groups is 1. The molecule has 35 heavy (non-hydrogen) atoms. The molecule has 0 saturated carbocycles. The van der Waals surface area contributed by atoms with Crippen LogP contribution in [0.3, 0.4) is 0 Å². The van der Waals surface area contributed by atoms with Gasteiger partial charge in [0.1, 0.15) is 4.90 Å². The van der Waals surface area contributed by atoms with Gasteiger partial charge in [-0.2, -0.15) is 0 Å². The van der Waals surface area contributed by atoms with E-state index >= 15 is 0 Å². The molecule has 7 heteroatoms. The quantitative estimate of drug-likeness (QED) is 0.380. The molecule has 4 rings (SSSR count). The molecule has 3 aromatic carbocycles. The SMILES string of the molecule is CC[C@H](NC(=O)c1ccc(Cl)c(S(=O)(=O)Nc2cccc(C)c2C)c1)c1ccc2c(c1)CCCC2. The Hall–Kier alpha value is -2.83. The van der Waals surface area contributed by atoms with E-state index in [1.54, 1.807) is 18.2 Å². The molecule has 0 saturated heterocycles. The fourth-order valence-electron chi connectivity index (χ4n) is 4.54. The van der Waals surface area contributed by atoms with Gasteiger partial charge >= 0.3 is 0 Å². The minimum atomic E-state index is -4.00. The van der Waals surface area contributed by atoms with Crippen LogP contribution in [0.2, 0.25) is 5.02 Å². The van der Waals surface area contributed by atoms with Crippen LogP contribution in [0.15, 0.2) is 59.5 Å². The predicted molar refractivity (Wildman–Crippen MR) is 142 cm³/mol. The summed E-state index contributed by atoms with van der Waals surface area (Å²) in [6.45, 7) is 5.79. The van der Waals surface area contributed by atoms with E-state index < -0.39 is 10.0 Å². The Morgan fingerprint density at radius 3 is 2.49 bits per heavy atom. The highest BCUT2D eigenvalue weighted by atomic mass is 35.5. The van der Waals surface area contributed by atoms with Crippen molar-refractivity contribution in [1.82, 2.24) is 5.32 Å². The average molecular weight is 511 g/mol. The molecule has 2 N–H and O–H groups in total. The lowest BCUT2D eigenvalue weighted by Gasteiger charge is -2.22. The van der Waals surface area contributed by atoms with Crippen molar-refractivity contribution >= 4 is 33.2 Å². The van der Waals surface area contributed by atoms with Gasteiger partial charge in [0, 0.05) is 5.56 Å². The maximum atomic E-state index is 13.2. The zero-order valence-corrected chi connectivity index (χ0v) is 21.9. The molecule has 0 radical (unpaired) electrons. The molecule has 0 aromatic heterocycles. The van der Waals surface area contributed by atoms with Crippen LogP contribution < -0.4 is 10.0 Å². The largest absolute Gasteiger partial charge is 0.345 e. The van der Waals surface area contributed by atoms with Crippen molar-refractivity contribution in [2.24, 2.45) is 0 Å². The minimum absolute atomic E-state index is 0.0566. The molecule has 1 atom stereocenters. The van der Waals surface area contributed by atoms with E-state index in [0.717, 1.165) is 36.0 Å². The number of rotatable bonds is 7. The van der Waals surface area contributed by atoms with E-state index in [2.05, 4.69) is 28.2 Å². The number of amides is 1. The maximum absolute atomic E-state index is 13.2. The zero-order chi connectivity index (χ0) is 25.2. The highest BCUT2D eigenvalue weighted by molar-refractivity contribution is 7.92. The Morgan fingerprint density at radius 1 is 1.00 bits per heavy atom. The van der Waals surface area contributed by atoms with Gasteiger partial charge in [0.05, 0.1) is 16.8 Å². The standard InChI is InChI=1S/C28H31ClN2O3S/c1-4-25(22-13-12-20-9-5-6-10-21(20)16-22)30-28(32)23-14-15-24(29)27(17-23)35(33,34)31-26-11-7-8-18(2)19(26)3/h7-8,11-17,25,31H,4-6,9-10H2,1-3H3,(H,30,32)/t25-/m0/s1. The number of carbonyl (C=O) groups excluding carboxylic acids is 1. The molecule has 184 valence electrons. The molecule has 0 spiro atoms. The fraction of sp³-hybridized carbons (Fsp3) is 0.321. The van der Waals surface area contributed by atoms with Gasteiger partial charge in [0.15, 0.2) is 0 Å². The lowest BCUT2D eigenvalue weighted by molar-refractivity contribution is 0.0935. The van der Waals surface area contributed by atoms with Gasteiger partial charge in [-0.05, 0) is 98.0 Å². The van der Waals surface area contributed by atoms with E-state index in [-0.39, 0.29) is 27.4 Å². The molecule has 1 aliphatic rings. The van der Waals surface area contributed by atoms with Gasteiger partial charge < -0.3 is 5.32 Å². The molecule has 1 amide bonds. The number of fused-ring (bicyclic) bond motifs is 1. The maximum Gasteiger partial charge on any atom is 0.263 e. The molecule has 3 aromatic rings. The first kappa shape index (κ1) is 25.3. The summed E-state index contributed by atoms with van der Waals surface area (Å²) < 4.78 is 29.0. The smallest absolute Gasteiger partial charge is 0.263 e. The summed E-state index contributed by atoms with van der Waals surface area (Å²) in [6.07, 6.45) is 5.31. The monoisotopic (exact) mass is 510 g/mol. The number of hydrogen-bond acceptors (Lipinski definition) is 3. The first-order valence-electron chi connectivity index (χ1n) is 12.0. The average Bonchev–Trinajstić information content (AvgIpc) is 2.85. The van der Waals surface area contributed by atoms with E-state index in [0.29, 0.717) is 5.69 Å². The van der Waals surface area contributed by atoms with Gasteiger partial charge in [-0.3, -0.25) is 9.52 Å². The number of sulfonamides is 1. The highest BCUT2D eigenvalue weighted by Gasteiger charge is 2.23. The minimum Gasteiger partial charge on any atom is -0.345 e. The Morgan fingerprint density at radius 2 is 1.74 bits per heavy atom. The van der Waals surface area contributed by atoms with E-state index in [4.69, 9.17) is 11.6 Å². The third-order valence-corrected chi connectivity index (χ3v) is 8.67. The summed E-state index contributed by atoms with van der Waals surface area (Å²) in [5.74, 6) is -0.338. The van der Waals surface area contributed by atoms with Gasteiger partial charge in [0.25, 0.3) is 15.9 Å². The second-order valence-electron chi connectivity index (χ2n) is 9.17. The first-order chi connectivity index (χ1) is 16.7. The molecule has 5 nitrogen and oxygen atoms in total. The molecule has 0 bridgehead atoms. The highest BCUT2D eigenvalue weighted by Crippen LogP contribution is 2.29. The molecular formula is C28H31ClN2O3S. The number of hydrogen-bond donors (Lipinski definition) is 2. The topological polar surface area (TPSA) is 75.3 Å². The Bertz CT molecular complexity index is 1370. The van der Waals surface area contributed by atoms with Crippen molar-refractivity contribution < 1.29 is 13.2 Å². The van der Waals surface area contributed by atoms with Crippen molar-refractivity contribution in [2.75, 3.05) is 4.72 Å². The first-order valence-corrected chi connectivity index (χ1v) is 13.9. The van der Waals surface area contributed by atoms with Crippen LogP contribution in [0.4, 0.5) is 5.69 Å². The number of aryl methyl sites for hydroxylation is 3. The molecule has 0 heterocycles. The van der Waals surface area contributed by atoms with Crippen LogP contribution in [-0.2, 0) is 22.9 Å². The zero-order valence-electron chi connectivity index (χ0n) is 20.3. The summed E-state index contributed by atoms with van der Waals surface area (Å²) in [7, 11) is -4.00. The van der Waals surface area contributed by atoms with Gasteiger partial charge in [0.2, 0.25) is 0 Å². The lowest BCUT2D eigenvalue weighted by atomic mass is 9.88. The fourth-order valence-corrected chi connectivity index (χ4v) is 6.19. The second kappa shape index (κ2) is 10.4. The van der Waals surface area contributed by atoms with Gasteiger partial charge in [-0.25, -0.2) is 8.42 Å². The van der Waals surface area contributed by atoms with Gasteiger partial charge in [-0.15, -0.1) is 0 Å². The Balaban J connectivity index is 1.57. The van der Waals surface area contributed by atoms with Crippen LogP contribution in [-0.4, -0.2) is 14.3 Å². The van der Waals surface area contributed by atoms with Gasteiger partial charge in [-0.1, -0.05) is 48.9 Å². The van der Waals surface area contributed by atoms with Crippen molar-refractivity contribution in [1.29, 1.82) is 0 Å². The van der Waals surface area contributed by atoms with E-state index in [1.165, 1.54) is 36.1 Å². The number of benzene rings is 3. The Labute approximate surface area is 213 Å². The molecule has 0 unspecified atom stereocenters. The van der Waals surface area contributed by atoms with Crippen LogP contribution in [0.1, 0.15) is 70.4 Å². The third kappa shape index (κ3) is 5.54. The summed E-state index contributed by atoms with van der Waals surface area (Å²) in [5, 5.41) is 3.13. The van der Waals surface area contributed by atoms with Crippen LogP contribution in [0.5, 0.6) is 0 Å². The normalized spacial score (nSPS) is 14.2. The molecular weight excluding hydrogens is 480 g/mol. The van der Waals surface area contributed by atoms with E-state index in [1.807, 2.05) is 26.8 Å². The second-order valence-corrected chi connectivity index (χ2v) is 11.2. The summed E-state index contributed by atoms with van der Waals surface area (Å²) in [4.78, 5) is 13.0. The van der Waals surface area contributed by atoms with Crippen LogP contribution in [0.25, 0.3) is 0 Å². The number of nitrogens with one attached hydrogen (secondary N) is 2. The van der Waals surface area contributed by atoms with Crippen LogP contribution >= 0.6 is 11.6 Å². The predicted octanol–water partition coefficient (Wildman–Crippen LogP) is 6.52. The van der Waals surface area contributed by atoms with Crippen molar-refractivity contribution in [2.45, 2.75) is 63.8 Å². The lowest BCUT2D eigenvalue weighted by Crippen LogP contribution is -2.28. The molecule has 0 fully saturated rings. The van der Waals surface area contributed by atoms with Crippen LogP contribution in [0, 0.1) is 13.8 Å². The molecule has 0 aliphatic heterocycles. The van der Waals surface area contributed by atoms with Crippen molar-refractivity contribution in [3.05, 3.63) is 93.0 Å². The summed E-state index contributed by atoms with van der Waals surface area (Å²) >= 11 is 6.27. The van der Waals surface area contributed by atoms with Crippen molar-refractivity contribution in [3.63, 3.8) is 0 Å². The summed E-state index contributed by atoms with van der Waals surface area (Å²) in [6, 6.07) is 16.0. The Kier molecular flexibility index (Phi) is 7.53. The number of halogens is 1. The van der Waals surface area contributed by atoms with Crippen molar-refractivity contribution in [3.8, 4) is 0 Å². The third-order valence-electron chi connectivity index (χ3n) is 6.82.